The number of aryl methyl sites for hydroxylation is 1. The third-order valence-electron chi connectivity index (χ3n) is 3.48. The van der Waals surface area contributed by atoms with Gasteiger partial charge in [-0.2, -0.15) is 0 Å². The van der Waals surface area contributed by atoms with Gasteiger partial charge in [-0.1, -0.05) is 61.5 Å². The lowest BCUT2D eigenvalue weighted by molar-refractivity contribution is 0.145. The van der Waals surface area contributed by atoms with Gasteiger partial charge in [-0.25, -0.2) is 0 Å². The highest BCUT2D eigenvalue weighted by Crippen LogP contribution is 2.18. The molecule has 0 fully saturated rings. The van der Waals surface area contributed by atoms with Gasteiger partial charge < -0.3 is 10.8 Å². The monoisotopic (exact) mass is 255 g/mol. The van der Waals surface area contributed by atoms with Gasteiger partial charge in [-0.05, 0) is 23.1 Å². The van der Waals surface area contributed by atoms with Crippen LogP contribution in [-0.2, 0) is 12.8 Å². The van der Waals surface area contributed by atoms with Crippen LogP contribution in [0.4, 0.5) is 0 Å². The Kier molecular flexibility index (Phi) is 4.72. The predicted octanol–water partition coefficient (Wildman–Crippen LogP) is 2.85. The van der Waals surface area contributed by atoms with Crippen LogP contribution in [0, 0.1) is 0 Å². The Hall–Kier alpha value is -1.64. The van der Waals surface area contributed by atoms with Crippen molar-refractivity contribution in [1.29, 1.82) is 0 Å². The molecule has 19 heavy (non-hydrogen) atoms. The minimum absolute atomic E-state index is 0.342. The van der Waals surface area contributed by atoms with Crippen molar-refractivity contribution in [1.82, 2.24) is 0 Å². The van der Waals surface area contributed by atoms with E-state index in [-0.39, 0.29) is 6.04 Å². The highest BCUT2D eigenvalue weighted by Gasteiger charge is 2.17. The molecule has 0 aromatic heterocycles. The molecule has 0 aliphatic rings. The molecule has 100 valence electrons. The van der Waals surface area contributed by atoms with Crippen LogP contribution in [0.1, 0.15) is 29.7 Å². The molecule has 0 unspecified atom stereocenters. The first kappa shape index (κ1) is 13.8. The Morgan fingerprint density at radius 1 is 0.947 bits per heavy atom. The molecule has 0 aliphatic carbocycles. The van der Waals surface area contributed by atoms with E-state index in [9.17, 15) is 5.11 Å². The molecule has 0 bridgehead atoms. The largest absolute Gasteiger partial charge is 0.391 e. The minimum Gasteiger partial charge on any atom is -0.391 e. The topological polar surface area (TPSA) is 46.2 Å². The summed E-state index contributed by atoms with van der Waals surface area (Å²) >= 11 is 0. The number of hydrogen-bond donors (Lipinski definition) is 2. The molecular weight excluding hydrogens is 234 g/mol. The van der Waals surface area contributed by atoms with Gasteiger partial charge in [-0.15, -0.1) is 0 Å². The lowest BCUT2D eigenvalue weighted by atomic mass is 9.96. The van der Waals surface area contributed by atoms with Crippen molar-refractivity contribution in [3.63, 3.8) is 0 Å². The van der Waals surface area contributed by atoms with E-state index < -0.39 is 6.10 Å². The maximum atomic E-state index is 10.2. The van der Waals surface area contributed by atoms with E-state index in [0.29, 0.717) is 6.42 Å². The molecule has 0 radical (unpaired) electrons. The van der Waals surface area contributed by atoms with Crippen molar-refractivity contribution in [3.8, 4) is 0 Å². The van der Waals surface area contributed by atoms with Crippen LogP contribution >= 0.6 is 0 Å². The number of aliphatic hydroxyl groups excluding tert-OH is 1. The Balaban J connectivity index is 2.03. The second kappa shape index (κ2) is 6.50. The summed E-state index contributed by atoms with van der Waals surface area (Å²) in [6.07, 6.45) is 1.04. The third-order valence-corrected chi connectivity index (χ3v) is 3.48. The number of nitrogens with two attached hydrogens (primary N) is 1. The Labute approximate surface area is 114 Å². The van der Waals surface area contributed by atoms with Crippen molar-refractivity contribution in [2.24, 2.45) is 5.73 Å². The van der Waals surface area contributed by atoms with Gasteiger partial charge in [-0.3, -0.25) is 0 Å². The highest BCUT2D eigenvalue weighted by atomic mass is 16.3. The standard InChI is InChI=1S/C17H21NO/c1-2-13-8-10-15(11-9-13)17(18)16(19)12-14-6-4-3-5-7-14/h3-11,16-17,19H,2,12,18H2,1H3/t16-,17+/m1/s1. The fourth-order valence-electron chi connectivity index (χ4n) is 2.18. The normalized spacial score (nSPS) is 14.1. The summed E-state index contributed by atoms with van der Waals surface area (Å²) < 4.78 is 0. The van der Waals surface area contributed by atoms with Crippen molar-refractivity contribution in [3.05, 3.63) is 71.3 Å². The molecule has 2 heteroatoms. The van der Waals surface area contributed by atoms with E-state index >= 15 is 0 Å². The zero-order chi connectivity index (χ0) is 13.7. The summed E-state index contributed by atoms with van der Waals surface area (Å²) in [6, 6.07) is 17.8. The summed E-state index contributed by atoms with van der Waals surface area (Å²) in [5.74, 6) is 0. The maximum Gasteiger partial charge on any atom is 0.0773 e. The molecule has 0 aliphatic heterocycles. The van der Waals surface area contributed by atoms with E-state index in [1.54, 1.807) is 0 Å². The van der Waals surface area contributed by atoms with E-state index in [1.165, 1.54) is 5.56 Å². The second-order valence-corrected chi connectivity index (χ2v) is 4.88. The summed E-state index contributed by atoms with van der Waals surface area (Å²) in [6.45, 7) is 2.12. The lowest BCUT2D eigenvalue weighted by Crippen LogP contribution is -2.28. The smallest absolute Gasteiger partial charge is 0.0773 e. The lowest BCUT2D eigenvalue weighted by Gasteiger charge is -2.19. The summed E-state index contributed by atoms with van der Waals surface area (Å²) in [4.78, 5) is 0. The number of rotatable bonds is 5. The first-order chi connectivity index (χ1) is 9.20. The van der Waals surface area contributed by atoms with Crippen LogP contribution in [0.25, 0.3) is 0 Å². The maximum absolute atomic E-state index is 10.2. The van der Waals surface area contributed by atoms with Crippen LogP contribution in [0.15, 0.2) is 54.6 Å². The first-order valence-electron chi connectivity index (χ1n) is 6.77. The van der Waals surface area contributed by atoms with Gasteiger partial charge in [0.05, 0.1) is 12.1 Å². The van der Waals surface area contributed by atoms with Gasteiger partial charge in [0.15, 0.2) is 0 Å². The van der Waals surface area contributed by atoms with E-state index in [1.807, 2.05) is 42.5 Å². The van der Waals surface area contributed by atoms with Crippen LogP contribution in [0.2, 0.25) is 0 Å². The van der Waals surface area contributed by atoms with Crippen LogP contribution in [-0.4, -0.2) is 11.2 Å². The van der Waals surface area contributed by atoms with Crippen molar-refractivity contribution < 1.29 is 5.11 Å². The van der Waals surface area contributed by atoms with Crippen molar-refractivity contribution in [2.75, 3.05) is 0 Å². The van der Waals surface area contributed by atoms with Crippen LogP contribution in [0.5, 0.6) is 0 Å². The molecule has 2 rings (SSSR count). The molecule has 2 aromatic carbocycles. The molecular formula is C17H21NO. The van der Waals surface area contributed by atoms with Gasteiger partial charge in [0.2, 0.25) is 0 Å². The van der Waals surface area contributed by atoms with E-state index in [2.05, 4.69) is 19.1 Å². The van der Waals surface area contributed by atoms with Gasteiger partial charge in [0, 0.05) is 6.42 Å². The molecule has 0 saturated carbocycles. The quantitative estimate of drug-likeness (QED) is 0.863. The Morgan fingerprint density at radius 2 is 1.58 bits per heavy atom. The van der Waals surface area contributed by atoms with Crippen molar-refractivity contribution in [2.45, 2.75) is 31.9 Å². The fourth-order valence-corrected chi connectivity index (χ4v) is 2.18. The molecule has 0 heterocycles. The summed E-state index contributed by atoms with van der Waals surface area (Å²) in [7, 11) is 0. The Bertz CT molecular complexity index is 492. The molecule has 2 nitrogen and oxygen atoms in total. The number of hydrogen-bond acceptors (Lipinski definition) is 2. The first-order valence-corrected chi connectivity index (χ1v) is 6.77. The average molecular weight is 255 g/mol. The fraction of sp³-hybridized carbons (Fsp3) is 0.294. The molecule has 0 spiro atoms. The van der Waals surface area contributed by atoms with Gasteiger partial charge in [0.25, 0.3) is 0 Å². The predicted molar refractivity (Wildman–Crippen MR) is 78.9 cm³/mol. The molecule has 3 N–H and O–H groups in total. The van der Waals surface area contributed by atoms with E-state index in [0.717, 1.165) is 17.5 Å². The zero-order valence-corrected chi connectivity index (χ0v) is 11.3. The number of benzene rings is 2. The second-order valence-electron chi connectivity index (χ2n) is 4.88. The highest BCUT2D eigenvalue weighted by molar-refractivity contribution is 5.26. The third kappa shape index (κ3) is 3.66. The minimum atomic E-state index is -0.560. The van der Waals surface area contributed by atoms with Crippen LogP contribution in [0.3, 0.4) is 0 Å². The van der Waals surface area contributed by atoms with Gasteiger partial charge in [0.1, 0.15) is 0 Å². The summed E-state index contributed by atoms with van der Waals surface area (Å²) in [5.41, 5.74) is 9.51. The summed E-state index contributed by atoms with van der Waals surface area (Å²) in [5, 5.41) is 10.2. The Morgan fingerprint density at radius 3 is 2.16 bits per heavy atom. The van der Waals surface area contributed by atoms with Crippen molar-refractivity contribution >= 4 is 0 Å². The SMILES string of the molecule is CCc1ccc([C@H](N)[C@H](O)Cc2ccccc2)cc1. The molecule has 2 aromatic rings. The van der Waals surface area contributed by atoms with E-state index in [4.69, 9.17) is 5.73 Å². The van der Waals surface area contributed by atoms with Crippen LogP contribution < -0.4 is 5.73 Å². The molecule has 2 atom stereocenters. The number of aliphatic hydroxyl groups is 1. The zero-order valence-electron chi connectivity index (χ0n) is 11.3. The molecule has 0 saturated heterocycles. The van der Waals surface area contributed by atoms with Gasteiger partial charge >= 0.3 is 0 Å². The molecule has 0 amide bonds. The average Bonchev–Trinajstić information content (AvgIpc) is 2.47.